The molecule has 8 heteroatoms. The molecule has 0 atom stereocenters. The quantitative estimate of drug-likeness (QED) is 0.0471. The van der Waals surface area contributed by atoms with Gasteiger partial charge in [0.25, 0.3) is 0 Å². The average Bonchev–Trinajstić information content (AvgIpc) is 0.917. The highest BCUT2D eigenvalue weighted by Crippen LogP contribution is 2.21. The first-order valence-electron chi connectivity index (χ1n) is 31.4. The molecule has 11 aromatic rings. The van der Waals surface area contributed by atoms with Gasteiger partial charge >= 0.3 is 0 Å². The second-order valence-corrected chi connectivity index (χ2v) is 23.5. The Balaban J connectivity index is 0.000000164. The number of carbonyl (C=O) groups is 8. The SMILES string of the molecule is C=C/C(C)=C\C=C(/C)C(=O)c1ccc(C(=O)c2ccc(C)cc2)cc1.Cc1ccc(C(=O)c2ccc(C(=O)c3cccc(C)c3)cc2)cc1.Cc1ccc(C(=O)c2ccc(C(=O)c3ccccc3)cc2)cc1.Cc1cccc(C(=O)c2ccc(C(=O)c3cccc(C)c3)cc2)c1. The zero-order valence-corrected chi connectivity index (χ0v) is 55.2. The van der Waals surface area contributed by atoms with E-state index in [-0.39, 0.29) is 46.3 Å². The summed E-state index contributed by atoms with van der Waals surface area (Å²) in [5.41, 5.74) is 17.3. The van der Waals surface area contributed by atoms with Gasteiger partial charge in [0.15, 0.2) is 46.3 Å². The van der Waals surface area contributed by atoms with Crippen LogP contribution >= 0.6 is 0 Å². The molecule has 0 spiro atoms. The molecule has 0 bridgehead atoms. The molecule has 0 radical (unpaired) electrons. The van der Waals surface area contributed by atoms with Crippen LogP contribution in [0.5, 0.6) is 0 Å². The van der Waals surface area contributed by atoms with Crippen molar-refractivity contribution in [3.05, 3.63) is 426 Å². The van der Waals surface area contributed by atoms with Crippen molar-refractivity contribution in [2.45, 2.75) is 55.4 Å². The summed E-state index contributed by atoms with van der Waals surface area (Å²) in [5.74, 6) is -0.319. The van der Waals surface area contributed by atoms with E-state index in [1.165, 1.54) is 0 Å². The molecule has 96 heavy (non-hydrogen) atoms. The van der Waals surface area contributed by atoms with Gasteiger partial charge < -0.3 is 0 Å². The number of carbonyl (C=O) groups excluding carboxylic acids is 8. The van der Waals surface area contributed by atoms with Crippen molar-refractivity contribution in [2.24, 2.45) is 0 Å². The Morgan fingerprint density at radius 2 is 0.438 bits per heavy atom. The van der Waals surface area contributed by atoms with E-state index in [9.17, 15) is 38.4 Å². The molecule has 0 aromatic heterocycles. The number of rotatable bonds is 18. The number of ketones is 8. The van der Waals surface area contributed by atoms with E-state index < -0.39 is 0 Å². The fourth-order valence-electron chi connectivity index (χ4n) is 9.95. The minimum Gasteiger partial charge on any atom is -0.289 e. The number of hydrogen-bond acceptors (Lipinski definition) is 8. The average molecular weight is 1260 g/mol. The van der Waals surface area contributed by atoms with Crippen LogP contribution in [-0.4, -0.2) is 46.3 Å². The molecule has 0 fully saturated rings. The van der Waals surface area contributed by atoms with Crippen LogP contribution in [0, 0.1) is 41.5 Å². The highest BCUT2D eigenvalue weighted by atomic mass is 16.2. The Kier molecular flexibility index (Phi) is 24.4. The summed E-state index contributed by atoms with van der Waals surface area (Å²) in [4.78, 5) is 99.7. The molecule has 0 saturated heterocycles. The first kappa shape index (κ1) is 69.9. The van der Waals surface area contributed by atoms with Crippen LogP contribution in [-0.2, 0) is 0 Å². The summed E-state index contributed by atoms with van der Waals surface area (Å²) in [5, 5.41) is 0. The predicted molar refractivity (Wildman–Crippen MR) is 385 cm³/mol. The summed E-state index contributed by atoms with van der Waals surface area (Å²) in [6.07, 6.45) is 5.37. The van der Waals surface area contributed by atoms with Crippen LogP contribution in [0.15, 0.2) is 309 Å². The van der Waals surface area contributed by atoms with Gasteiger partial charge in [0.2, 0.25) is 0 Å². The van der Waals surface area contributed by atoms with Gasteiger partial charge in [-0.25, -0.2) is 0 Å². The third-order valence-corrected chi connectivity index (χ3v) is 15.7. The van der Waals surface area contributed by atoms with Crippen LogP contribution in [0.25, 0.3) is 0 Å². The van der Waals surface area contributed by atoms with Crippen molar-refractivity contribution in [2.75, 3.05) is 0 Å². The third-order valence-electron chi connectivity index (χ3n) is 15.7. The topological polar surface area (TPSA) is 137 Å². The van der Waals surface area contributed by atoms with E-state index in [0.29, 0.717) is 89.0 Å². The van der Waals surface area contributed by atoms with Crippen molar-refractivity contribution in [1.29, 1.82) is 0 Å². The maximum absolute atomic E-state index is 12.5. The molecule has 0 aliphatic heterocycles. The molecule has 11 rings (SSSR count). The number of hydrogen-bond donors (Lipinski definition) is 0. The van der Waals surface area contributed by atoms with Gasteiger partial charge in [0, 0.05) is 83.5 Å². The van der Waals surface area contributed by atoms with Gasteiger partial charge in [0.05, 0.1) is 0 Å². The summed E-state index contributed by atoms with van der Waals surface area (Å²) >= 11 is 0. The lowest BCUT2D eigenvalue weighted by atomic mass is 9.97. The fraction of sp³-hybridized carbons (Fsp3) is 0.0909. The molecule has 0 N–H and O–H groups in total. The van der Waals surface area contributed by atoms with Crippen LogP contribution < -0.4 is 0 Å². The van der Waals surface area contributed by atoms with Crippen LogP contribution in [0.4, 0.5) is 0 Å². The van der Waals surface area contributed by atoms with Crippen molar-refractivity contribution in [3.63, 3.8) is 0 Å². The highest BCUT2D eigenvalue weighted by molar-refractivity contribution is 6.15. The van der Waals surface area contributed by atoms with E-state index in [1.54, 1.807) is 146 Å². The molecule has 0 aliphatic rings. The van der Waals surface area contributed by atoms with Gasteiger partial charge in [0.1, 0.15) is 0 Å². The smallest absolute Gasteiger partial charge is 0.193 e. The Hall–Kier alpha value is -12.0. The van der Waals surface area contributed by atoms with Gasteiger partial charge in [-0.1, -0.05) is 319 Å². The Morgan fingerprint density at radius 3 is 0.677 bits per heavy atom. The summed E-state index contributed by atoms with van der Waals surface area (Å²) in [6, 6.07) is 81.4. The maximum atomic E-state index is 12.5. The monoisotopic (exact) mass is 1260 g/mol. The van der Waals surface area contributed by atoms with Gasteiger partial charge in [-0.3, -0.25) is 38.4 Å². The summed E-state index contributed by atoms with van der Waals surface area (Å²) < 4.78 is 0. The zero-order valence-electron chi connectivity index (χ0n) is 55.2. The van der Waals surface area contributed by atoms with Crippen molar-refractivity contribution in [1.82, 2.24) is 0 Å². The molecular formula is C88H74O8. The van der Waals surface area contributed by atoms with E-state index in [1.807, 2.05) is 200 Å². The van der Waals surface area contributed by atoms with E-state index >= 15 is 0 Å². The molecule has 0 amide bonds. The van der Waals surface area contributed by atoms with Gasteiger partial charge in [-0.2, -0.15) is 0 Å². The van der Waals surface area contributed by atoms with Gasteiger partial charge in [-0.15, -0.1) is 0 Å². The molecule has 0 saturated carbocycles. The first-order valence-corrected chi connectivity index (χ1v) is 31.4. The summed E-state index contributed by atoms with van der Waals surface area (Å²) in [6.45, 7) is 19.2. The molecule has 11 aromatic carbocycles. The van der Waals surface area contributed by atoms with Crippen molar-refractivity contribution >= 4 is 46.3 Å². The largest absolute Gasteiger partial charge is 0.289 e. The maximum Gasteiger partial charge on any atom is 0.193 e. The first-order chi connectivity index (χ1) is 46.1. The van der Waals surface area contributed by atoms with Gasteiger partial charge in [-0.05, 0) is 79.2 Å². The Morgan fingerprint density at radius 1 is 0.229 bits per heavy atom. The number of Topliss-reactive ketones (excluding diaryl/α,β-unsaturated/α-hetero) is 1. The molecule has 8 nitrogen and oxygen atoms in total. The normalized spacial score (nSPS) is 10.8. The second kappa shape index (κ2) is 33.5. The Labute approximate surface area is 562 Å². The lowest BCUT2D eigenvalue weighted by Crippen LogP contribution is -2.04. The highest BCUT2D eigenvalue weighted by Gasteiger charge is 2.17. The number of allylic oxidation sites excluding steroid dienone is 5. The molecule has 0 aliphatic carbocycles. The lowest BCUT2D eigenvalue weighted by Gasteiger charge is -2.05. The van der Waals surface area contributed by atoms with Crippen LogP contribution in [0.1, 0.15) is 169 Å². The van der Waals surface area contributed by atoms with E-state index in [2.05, 4.69) is 6.58 Å². The van der Waals surface area contributed by atoms with E-state index in [4.69, 9.17) is 0 Å². The second-order valence-electron chi connectivity index (χ2n) is 23.5. The molecule has 0 unspecified atom stereocenters. The van der Waals surface area contributed by atoms with Crippen molar-refractivity contribution in [3.8, 4) is 0 Å². The minimum atomic E-state index is -0.0533. The molecular weight excluding hydrogens is 1180 g/mol. The number of benzene rings is 11. The minimum absolute atomic E-state index is 0.0340. The fourth-order valence-corrected chi connectivity index (χ4v) is 9.95. The number of aryl methyl sites for hydroxylation is 6. The lowest BCUT2D eigenvalue weighted by molar-refractivity contribution is 0.102. The molecule has 0 heterocycles. The third kappa shape index (κ3) is 19.3. The standard InChI is InChI=1S/C23H22O2.2C22H18O2.C21H16O2/c1-5-16(2)6-9-18(4)22(24)19-12-14-21(15-13-19)23(25)20-10-7-17(3)8-11-20;1-15-5-3-7-19(13-15)21(23)17-9-11-18(12-10-17)22(24)20-8-4-6-16(2)14-20;1-15-6-8-17(9-7-15)21(23)18-10-12-19(13-11-18)22(24)20-5-3-4-16(2)14-20;1-15-7-9-17(10-8-15)21(23)19-13-11-18(12-14-19)20(22)16-5-3-2-4-6-16/h5-15H,1H2,2-4H3;2*3-14H,1-2H3;2-14H,1H3/b16-6-,18-9+;;;. The predicted octanol–water partition coefficient (Wildman–Crippen LogP) is 19.5. The zero-order chi connectivity index (χ0) is 68.8. The van der Waals surface area contributed by atoms with Crippen molar-refractivity contribution < 1.29 is 38.4 Å². The van der Waals surface area contributed by atoms with E-state index in [0.717, 1.165) is 39.0 Å². The van der Waals surface area contributed by atoms with Crippen LogP contribution in [0.3, 0.4) is 0 Å². The molecule has 474 valence electrons. The summed E-state index contributed by atoms with van der Waals surface area (Å²) in [7, 11) is 0. The Bertz CT molecular complexity index is 4610. The van der Waals surface area contributed by atoms with Crippen LogP contribution in [0.2, 0.25) is 0 Å².